The molecule has 112 valence electrons. The van der Waals surface area contributed by atoms with Crippen LogP contribution in [-0.2, 0) is 0 Å². The maximum atomic E-state index is 6.35. The molecule has 1 heterocycles. The van der Waals surface area contributed by atoms with Gasteiger partial charge < -0.3 is 15.4 Å². The van der Waals surface area contributed by atoms with Gasteiger partial charge in [0.1, 0.15) is 5.75 Å². The summed E-state index contributed by atoms with van der Waals surface area (Å²) in [5.74, 6) is 0.922. The van der Waals surface area contributed by atoms with Crippen molar-refractivity contribution in [2.75, 3.05) is 19.6 Å². The first-order chi connectivity index (χ1) is 9.65. The summed E-state index contributed by atoms with van der Waals surface area (Å²) < 4.78 is 5.66. The Morgan fingerprint density at radius 1 is 1.05 bits per heavy atom. The Morgan fingerprint density at radius 2 is 1.65 bits per heavy atom. The van der Waals surface area contributed by atoms with Crippen molar-refractivity contribution in [3.8, 4) is 5.75 Å². The summed E-state index contributed by atoms with van der Waals surface area (Å²) in [6.45, 7) is 7.44. The van der Waals surface area contributed by atoms with Gasteiger partial charge in [-0.25, -0.2) is 0 Å². The zero-order chi connectivity index (χ0) is 14.4. The smallest absolute Gasteiger partial charge is 0.119 e. The molecule has 1 saturated heterocycles. The van der Waals surface area contributed by atoms with Gasteiger partial charge in [-0.3, -0.25) is 0 Å². The predicted molar refractivity (Wildman–Crippen MR) is 84.0 cm³/mol. The maximum Gasteiger partial charge on any atom is 0.119 e. The molecule has 1 aromatic rings. The fraction of sp³-hybridized carbons (Fsp3) is 0.647. The van der Waals surface area contributed by atoms with Crippen LogP contribution in [0.1, 0.15) is 51.1 Å². The fourth-order valence-electron chi connectivity index (χ4n) is 2.77. The molecule has 0 radical (unpaired) electrons. The van der Waals surface area contributed by atoms with Crippen molar-refractivity contribution in [2.45, 2.75) is 51.7 Å². The Labute approximate surface area is 123 Å². The summed E-state index contributed by atoms with van der Waals surface area (Å²) in [5.41, 5.74) is 7.55. The lowest BCUT2D eigenvalue weighted by Crippen LogP contribution is -2.32. The van der Waals surface area contributed by atoms with E-state index in [9.17, 15) is 0 Å². The van der Waals surface area contributed by atoms with Crippen molar-refractivity contribution < 1.29 is 4.74 Å². The van der Waals surface area contributed by atoms with E-state index in [-0.39, 0.29) is 12.1 Å². The molecule has 1 aliphatic rings. The summed E-state index contributed by atoms with van der Waals surface area (Å²) in [6.07, 6.45) is 5.58. The first-order valence-corrected chi connectivity index (χ1v) is 7.89. The Kier molecular flexibility index (Phi) is 5.86. The van der Waals surface area contributed by atoms with E-state index in [0.29, 0.717) is 0 Å². The van der Waals surface area contributed by atoms with Crippen LogP contribution in [0.15, 0.2) is 24.3 Å². The molecule has 1 fully saturated rings. The molecule has 3 heteroatoms. The molecule has 1 unspecified atom stereocenters. The van der Waals surface area contributed by atoms with Gasteiger partial charge in [0.05, 0.1) is 6.10 Å². The highest BCUT2D eigenvalue weighted by atomic mass is 16.5. The molecule has 3 nitrogen and oxygen atoms in total. The van der Waals surface area contributed by atoms with Crippen LogP contribution in [0.25, 0.3) is 0 Å². The van der Waals surface area contributed by atoms with Gasteiger partial charge in [0.2, 0.25) is 0 Å². The largest absolute Gasteiger partial charge is 0.491 e. The number of likely N-dealkylation sites (tertiary alicyclic amines) is 1. The average Bonchev–Trinajstić information content (AvgIpc) is 2.67. The zero-order valence-corrected chi connectivity index (χ0v) is 12.8. The van der Waals surface area contributed by atoms with Crippen LogP contribution in [-0.4, -0.2) is 30.6 Å². The highest BCUT2D eigenvalue weighted by Crippen LogP contribution is 2.19. The number of rotatable bonds is 5. The molecule has 0 saturated carbocycles. The van der Waals surface area contributed by atoms with Crippen molar-refractivity contribution in [3.05, 3.63) is 29.8 Å². The molecule has 2 N–H and O–H groups in total. The quantitative estimate of drug-likeness (QED) is 0.896. The molecule has 0 amide bonds. The molecular formula is C17H28N2O. The fourth-order valence-corrected chi connectivity index (χ4v) is 2.77. The molecule has 0 bridgehead atoms. The van der Waals surface area contributed by atoms with Crippen molar-refractivity contribution in [1.82, 2.24) is 4.90 Å². The van der Waals surface area contributed by atoms with Gasteiger partial charge in [-0.05, 0) is 57.5 Å². The van der Waals surface area contributed by atoms with Crippen LogP contribution in [0.5, 0.6) is 5.75 Å². The van der Waals surface area contributed by atoms with E-state index < -0.39 is 0 Å². The maximum absolute atomic E-state index is 6.35. The van der Waals surface area contributed by atoms with Crippen LogP contribution in [0, 0.1) is 0 Å². The van der Waals surface area contributed by atoms with E-state index in [1.807, 2.05) is 26.0 Å². The van der Waals surface area contributed by atoms with Crippen LogP contribution >= 0.6 is 0 Å². The number of nitrogens with zero attached hydrogens (tertiary/aromatic N) is 1. The summed E-state index contributed by atoms with van der Waals surface area (Å²) in [5, 5.41) is 0. The number of ether oxygens (including phenoxy) is 1. The van der Waals surface area contributed by atoms with Crippen molar-refractivity contribution in [1.29, 1.82) is 0 Å². The van der Waals surface area contributed by atoms with Crippen LogP contribution in [0.4, 0.5) is 0 Å². The first-order valence-electron chi connectivity index (χ1n) is 7.89. The summed E-state index contributed by atoms with van der Waals surface area (Å²) in [4.78, 5) is 2.51. The predicted octanol–water partition coefficient (Wildman–Crippen LogP) is 3.35. The Morgan fingerprint density at radius 3 is 2.20 bits per heavy atom. The van der Waals surface area contributed by atoms with E-state index in [2.05, 4.69) is 17.0 Å². The Bertz CT molecular complexity index is 380. The third-order valence-electron chi connectivity index (χ3n) is 3.83. The number of hydrogen-bond acceptors (Lipinski definition) is 3. The molecule has 1 aromatic carbocycles. The van der Waals surface area contributed by atoms with Gasteiger partial charge >= 0.3 is 0 Å². The lowest BCUT2D eigenvalue weighted by atomic mass is 10.1. The minimum absolute atomic E-state index is 0.0983. The van der Waals surface area contributed by atoms with Crippen molar-refractivity contribution in [2.24, 2.45) is 5.73 Å². The van der Waals surface area contributed by atoms with Gasteiger partial charge in [0.25, 0.3) is 0 Å². The average molecular weight is 276 g/mol. The van der Waals surface area contributed by atoms with Crippen LogP contribution in [0.3, 0.4) is 0 Å². The molecule has 2 rings (SSSR count). The van der Waals surface area contributed by atoms with Gasteiger partial charge in [0, 0.05) is 12.6 Å². The van der Waals surface area contributed by atoms with Gasteiger partial charge in [-0.2, -0.15) is 0 Å². The summed E-state index contributed by atoms with van der Waals surface area (Å²) in [7, 11) is 0. The van der Waals surface area contributed by atoms with Crippen LogP contribution in [0.2, 0.25) is 0 Å². The van der Waals surface area contributed by atoms with E-state index >= 15 is 0 Å². The monoisotopic (exact) mass is 276 g/mol. The second kappa shape index (κ2) is 7.65. The lowest BCUT2D eigenvalue weighted by molar-refractivity contribution is 0.242. The minimum atomic E-state index is 0.0983. The van der Waals surface area contributed by atoms with Crippen molar-refractivity contribution in [3.63, 3.8) is 0 Å². The normalized spacial score (nSPS) is 18.8. The second-order valence-corrected chi connectivity index (χ2v) is 6.06. The molecule has 20 heavy (non-hydrogen) atoms. The third-order valence-corrected chi connectivity index (χ3v) is 3.83. The van der Waals surface area contributed by atoms with Gasteiger partial charge in [-0.15, -0.1) is 0 Å². The molecule has 0 aliphatic carbocycles. The standard InChI is InChI=1S/C17H28N2O/c1-14(2)20-16-9-7-15(8-10-16)17(18)13-19-11-5-3-4-6-12-19/h7-10,14,17H,3-6,11-13,18H2,1-2H3. The molecule has 0 aromatic heterocycles. The Balaban J connectivity index is 1.89. The second-order valence-electron chi connectivity index (χ2n) is 6.06. The number of nitrogens with two attached hydrogens (primary N) is 1. The van der Waals surface area contributed by atoms with Gasteiger partial charge in [0.15, 0.2) is 0 Å². The molecule has 0 spiro atoms. The minimum Gasteiger partial charge on any atom is -0.491 e. The zero-order valence-electron chi connectivity index (χ0n) is 12.8. The number of benzene rings is 1. The van der Waals surface area contributed by atoms with E-state index in [4.69, 9.17) is 10.5 Å². The summed E-state index contributed by atoms with van der Waals surface area (Å²) in [6, 6.07) is 8.34. The van der Waals surface area contributed by atoms with E-state index in [1.165, 1.54) is 44.3 Å². The third kappa shape index (κ3) is 4.80. The number of hydrogen-bond donors (Lipinski definition) is 1. The molecular weight excluding hydrogens is 248 g/mol. The molecule has 1 atom stereocenters. The van der Waals surface area contributed by atoms with Gasteiger partial charge in [-0.1, -0.05) is 25.0 Å². The van der Waals surface area contributed by atoms with E-state index in [1.54, 1.807) is 0 Å². The first kappa shape index (κ1) is 15.3. The van der Waals surface area contributed by atoms with Crippen molar-refractivity contribution >= 4 is 0 Å². The SMILES string of the molecule is CC(C)Oc1ccc(C(N)CN2CCCCCC2)cc1. The lowest BCUT2D eigenvalue weighted by Gasteiger charge is -2.24. The highest BCUT2D eigenvalue weighted by Gasteiger charge is 2.14. The molecule has 1 aliphatic heterocycles. The Hall–Kier alpha value is -1.06. The topological polar surface area (TPSA) is 38.5 Å². The van der Waals surface area contributed by atoms with Crippen LogP contribution < -0.4 is 10.5 Å². The van der Waals surface area contributed by atoms with E-state index in [0.717, 1.165) is 12.3 Å². The summed E-state index contributed by atoms with van der Waals surface area (Å²) >= 11 is 0. The highest BCUT2D eigenvalue weighted by molar-refractivity contribution is 5.29.